The smallest absolute Gasteiger partial charge is 0.410 e. The van der Waals surface area contributed by atoms with Crippen LogP contribution in [0.1, 0.15) is 33.3 Å². The maximum absolute atomic E-state index is 12.1. The quantitative estimate of drug-likeness (QED) is 0.278. The first-order valence-corrected chi connectivity index (χ1v) is 10.1. The number of ether oxygens (including phenoxy) is 3. The van der Waals surface area contributed by atoms with Crippen LogP contribution in [0, 0.1) is 0 Å². The number of hydrogen-bond acceptors (Lipinski definition) is 7. The molecule has 0 spiro atoms. The van der Waals surface area contributed by atoms with Gasteiger partial charge in [-0.3, -0.25) is 0 Å². The second-order valence-corrected chi connectivity index (χ2v) is 8.94. The van der Waals surface area contributed by atoms with Crippen molar-refractivity contribution in [1.29, 1.82) is 0 Å². The van der Waals surface area contributed by atoms with Gasteiger partial charge in [0, 0.05) is 24.4 Å². The highest BCUT2D eigenvalue weighted by Gasteiger charge is 2.36. The Bertz CT molecular complexity index is 1030. The summed E-state index contributed by atoms with van der Waals surface area (Å²) in [7, 11) is 1.53. The molecule has 2 aromatic heterocycles. The minimum absolute atomic E-state index is 0.154. The lowest BCUT2D eigenvalue weighted by Gasteiger charge is -2.39. The Morgan fingerprint density at radius 3 is 2.61 bits per heavy atom. The zero-order valence-electron chi connectivity index (χ0n) is 18.1. The van der Waals surface area contributed by atoms with Gasteiger partial charge in [-0.05, 0) is 50.2 Å². The summed E-state index contributed by atoms with van der Waals surface area (Å²) in [4.78, 5) is 25.2. The molecule has 1 amide bonds. The maximum Gasteiger partial charge on any atom is 0.410 e. The first-order valence-electron chi connectivity index (χ1n) is 9.71. The number of pyridine rings is 2. The maximum atomic E-state index is 12.1. The summed E-state index contributed by atoms with van der Waals surface area (Å²) >= 11 is 6.13. The average molecular weight is 449 g/mol. The van der Waals surface area contributed by atoms with Crippen LogP contribution in [-0.4, -0.2) is 59.5 Å². The third-order valence-corrected chi connectivity index (χ3v) is 4.96. The highest BCUT2D eigenvalue weighted by Crippen LogP contribution is 2.36. The molecule has 31 heavy (non-hydrogen) atoms. The van der Waals surface area contributed by atoms with Crippen LogP contribution in [0.5, 0.6) is 5.88 Å². The molecule has 166 valence electrons. The van der Waals surface area contributed by atoms with Gasteiger partial charge in [0.05, 0.1) is 30.6 Å². The number of carbonyl (C=O) groups is 1. The molecule has 0 bridgehead atoms. The number of halogens is 1. The molecule has 0 aromatic carbocycles. The lowest BCUT2D eigenvalue weighted by atomic mass is 9.91. The summed E-state index contributed by atoms with van der Waals surface area (Å²) < 4.78 is 16.6. The number of azide groups is 1. The van der Waals surface area contributed by atoms with E-state index in [2.05, 4.69) is 20.0 Å². The molecule has 0 aliphatic carbocycles. The predicted molar refractivity (Wildman–Crippen MR) is 115 cm³/mol. The fraction of sp³-hybridized carbons (Fsp3) is 0.550. The number of amides is 1. The van der Waals surface area contributed by atoms with E-state index in [0.29, 0.717) is 35.3 Å². The number of fused-ring (bicyclic) bond motifs is 1. The molecule has 10 nitrogen and oxygen atoms in total. The van der Waals surface area contributed by atoms with Crippen LogP contribution in [0.15, 0.2) is 23.6 Å². The molecule has 1 fully saturated rings. The van der Waals surface area contributed by atoms with E-state index in [0.717, 1.165) is 0 Å². The number of hydrogen-bond donors (Lipinski definition) is 0. The molecule has 0 N–H and O–H groups in total. The van der Waals surface area contributed by atoms with Crippen molar-refractivity contribution in [3.05, 3.63) is 39.6 Å². The molecule has 0 radical (unpaired) electrons. The molecule has 1 aliphatic heterocycles. The second-order valence-electron chi connectivity index (χ2n) is 8.55. The van der Waals surface area contributed by atoms with E-state index < -0.39 is 11.1 Å². The van der Waals surface area contributed by atoms with Crippen molar-refractivity contribution in [3.8, 4) is 5.88 Å². The van der Waals surface area contributed by atoms with Crippen molar-refractivity contribution in [2.75, 3.05) is 26.8 Å². The summed E-state index contributed by atoms with van der Waals surface area (Å²) in [5, 5.41) is 5.52. The molecule has 11 heteroatoms. The Labute approximate surface area is 185 Å². The van der Waals surface area contributed by atoms with Crippen molar-refractivity contribution in [2.45, 2.75) is 44.9 Å². The van der Waals surface area contributed by atoms with Crippen LogP contribution in [0.4, 0.5) is 4.79 Å². The average Bonchev–Trinajstić information content (AvgIpc) is 2.62. The third kappa shape index (κ3) is 5.10. The highest BCUT2D eigenvalue weighted by molar-refractivity contribution is 6.30. The molecule has 3 rings (SSSR count). The Morgan fingerprint density at radius 1 is 1.29 bits per heavy atom. The van der Waals surface area contributed by atoms with Crippen LogP contribution < -0.4 is 4.74 Å². The van der Waals surface area contributed by atoms with Crippen molar-refractivity contribution < 1.29 is 19.0 Å². The van der Waals surface area contributed by atoms with E-state index in [1.807, 2.05) is 20.8 Å². The summed E-state index contributed by atoms with van der Waals surface area (Å²) in [5.41, 5.74) is 8.14. The van der Waals surface area contributed by atoms with E-state index in [4.69, 9.17) is 31.3 Å². The number of likely N-dealkylation sites (tertiary alicyclic amines) is 1. The van der Waals surface area contributed by atoms with Gasteiger partial charge in [-0.25, -0.2) is 14.8 Å². The zero-order valence-corrected chi connectivity index (χ0v) is 18.9. The number of nitrogens with zero attached hydrogens (tertiary/aromatic N) is 6. The van der Waals surface area contributed by atoms with Crippen LogP contribution in [0.2, 0.25) is 5.15 Å². The zero-order chi connectivity index (χ0) is 22.8. The van der Waals surface area contributed by atoms with Crippen molar-refractivity contribution in [3.63, 3.8) is 0 Å². The minimum atomic E-state index is -0.998. The Morgan fingerprint density at radius 2 is 2.00 bits per heavy atom. The van der Waals surface area contributed by atoms with Crippen molar-refractivity contribution in [2.24, 2.45) is 5.11 Å². The topological polar surface area (TPSA) is 123 Å². The van der Waals surface area contributed by atoms with Gasteiger partial charge in [0.25, 0.3) is 0 Å². The second kappa shape index (κ2) is 8.74. The molecule has 1 saturated heterocycles. The number of rotatable bonds is 6. The monoisotopic (exact) mass is 448 g/mol. The molecule has 2 aromatic rings. The normalized spacial score (nSPS) is 16.3. The van der Waals surface area contributed by atoms with Gasteiger partial charge in [-0.1, -0.05) is 16.7 Å². The summed E-state index contributed by atoms with van der Waals surface area (Å²) in [6.45, 7) is 8.15. The van der Waals surface area contributed by atoms with Gasteiger partial charge >= 0.3 is 6.09 Å². The Hall–Kier alpha value is -2.81. The molecule has 0 saturated carbocycles. The van der Waals surface area contributed by atoms with Gasteiger partial charge in [0.1, 0.15) is 16.9 Å². The Kier molecular flexibility index (Phi) is 6.45. The number of methoxy groups -OCH3 is 1. The van der Waals surface area contributed by atoms with Crippen LogP contribution >= 0.6 is 11.6 Å². The van der Waals surface area contributed by atoms with Crippen LogP contribution in [0.3, 0.4) is 0 Å². The van der Waals surface area contributed by atoms with Gasteiger partial charge < -0.3 is 19.1 Å². The van der Waals surface area contributed by atoms with Gasteiger partial charge in [0.15, 0.2) is 0 Å². The lowest BCUT2D eigenvalue weighted by Crippen LogP contribution is -2.57. The van der Waals surface area contributed by atoms with Crippen LogP contribution in [-0.2, 0) is 15.0 Å². The molecule has 1 aliphatic rings. The standard InChI is InChI=1S/C20H25ClN6O4/c1-19(2,3)31-18(28)27-9-12(10-27)30-17-14-7-23-16(21)6-13(14)15(8-24-17)20(4,11-29-5)25-26-22/h6-8,12H,9-11H2,1-5H3/t20-/m1/s1. The van der Waals surface area contributed by atoms with E-state index >= 15 is 0 Å². The molecule has 1 atom stereocenters. The molecule has 3 heterocycles. The number of carbonyl (C=O) groups excluding carboxylic acids is 1. The first kappa shape index (κ1) is 22.9. The fourth-order valence-electron chi connectivity index (χ4n) is 3.29. The Balaban J connectivity index is 1.86. The highest BCUT2D eigenvalue weighted by atomic mass is 35.5. The van der Waals surface area contributed by atoms with E-state index in [-0.39, 0.29) is 24.0 Å². The van der Waals surface area contributed by atoms with Gasteiger partial charge in [-0.15, -0.1) is 0 Å². The van der Waals surface area contributed by atoms with Crippen LogP contribution in [0.25, 0.3) is 21.2 Å². The summed E-state index contributed by atoms with van der Waals surface area (Å²) in [6, 6.07) is 1.68. The molecular formula is C20H25ClN6O4. The first-order chi connectivity index (χ1) is 14.6. The minimum Gasteiger partial charge on any atom is -0.470 e. The van der Waals surface area contributed by atoms with Crippen molar-refractivity contribution in [1.82, 2.24) is 14.9 Å². The third-order valence-electron chi connectivity index (χ3n) is 4.75. The predicted octanol–water partition coefficient (Wildman–Crippen LogP) is 4.45. The van der Waals surface area contributed by atoms with E-state index in [1.54, 1.807) is 30.3 Å². The molecular weight excluding hydrogens is 424 g/mol. The van der Waals surface area contributed by atoms with Crippen molar-refractivity contribution >= 4 is 28.5 Å². The summed E-state index contributed by atoms with van der Waals surface area (Å²) in [5.74, 6) is 0.359. The summed E-state index contributed by atoms with van der Waals surface area (Å²) in [6.07, 6.45) is 2.55. The molecule has 0 unspecified atom stereocenters. The number of aromatic nitrogens is 2. The largest absolute Gasteiger partial charge is 0.470 e. The lowest BCUT2D eigenvalue weighted by molar-refractivity contribution is -0.0228. The fourth-order valence-corrected chi connectivity index (χ4v) is 3.45. The van der Waals surface area contributed by atoms with Gasteiger partial charge in [-0.2, -0.15) is 0 Å². The SMILES string of the molecule is COC[C@@](C)(N=[N+]=[N-])c1cnc(OC2CN(C(=O)OC(C)(C)C)C2)c2cnc(Cl)cc12. The van der Waals surface area contributed by atoms with Gasteiger partial charge in [0.2, 0.25) is 5.88 Å². The van der Waals surface area contributed by atoms with E-state index in [1.165, 1.54) is 7.11 Å². The van der Waals surface area contributed by atoms with E-state index in [9.17, 15) is 4.79 Å².